The summed E-state index contributed by atoms with van der Waals surface area (Å²) in [5.74, 6) is -0.488. The topological polar surface area (TPSA) is 97.4 Å². The predicted octanol–water partition coefficient (Wildman–Crippen LogP) is 0.478. The number of halogens is 1. The molecule has 11 heteroatoms. The molecular weight excluding hydrogens is 422 g/mol. The molecule has 3 heterocycles. The smallest absolute Gasteiger partial charge is 0.332 e. The summed E-state index contributed by atoms with van der Waals surface area (Å²) in [5.41, 5.74) is 0.786. The van der Waals surface area contributed by atoms with Crippen LogP contribution in [0.25, 0.3) is 11.2 Å². The lowest BCUT2D eigenvalue weighted by molar-refractivity contribution is -0.116. The Kier molecular flexibility index (Phi) is 5.59. The lowest BCUT2D eigenvalue weighted by Crippen LogP contribution is -2.45. The SMILES string of the molecule is CN1CCN(c2ccc(Cl)cc2NC(=O)Cn2c(=O)c3c(ncn3C)n(C)c2=O)CC1. The summed E-state index contributed by atoms with van der Waals surface area (Å²) in [6.45, 7) is 3.04. The van der Waals surface area contributed by atoms with Crippen LogP contribution in [0.1, 0.15) is 0 Å². The molecule has 0 bridgehead atoms. The quantitative estimate of drug-likeness (QED) is 0.627. The van der Waals surface area contributed by atoms with Crippen molar-refractivity contribution in [1.29, 1.82) is 0 Å². The van der Waals surface area contributed by atoms with Crippen molar-refractivity contribution in [2.24, 2.45) is 14.1 Å². The number of amides is 1. The number of carbonyl (C=O) groups excluding carboxylic acids is 1. The zero-order valence-electron chi connectivity index (χ0n) is 17.6. The first-order valence-electron chi connectivity index (χ1n) is 9.90. The van der Waals surface area contributed by atoms with E-state index < -0.39 is 23.7 Å². The Bertz CT molecular complexity index is 1270. The van der Waals surface area contributed by atoms with Gasteiger partial charge in [0, 0.05) is 45.3 Å². The van der Waals surface area contributed by atoms with E-state index in [0.29, 0.717) is 10.7 Å². The maximum atomic E-state index is 12.8. The number of likely N-dealkylation sites (N-methyl/N-ethyl adjacent to an activating group) is 1. The number of imidazole rings is 1. The highest BCUT2D eigenvalue weighted by atomic mass is 35.5. The molecule has 1 N–H and O–H groups in total. The van der Waals surface area contributed by atoms with Crippen LogP contribution in [0.15, 0.2) is 34.1 Å². The van der Waals surface area contributed by atoms with Gasteiger partial charge in [-0.3, -0.25) is 14.2 Å². The molecule has 1 aliphatic rings. The second-order valence-corrected chi connectivity index (χ2v) is 8.20. The minimum atomic E-state index is -0.600. The zero-order chi connectivity index (χ0) is 22.3. The molecule has 0 saturated carbocycles. The van der Waals surface area contributed by atoms with E-state index in [0.717, 1.165) is 36.4 Å². The van der Waals surface area contributed by atoms with Crippen LogP contribution in [0.2, 0.25) is 5.02 Å². The number of aromatic nitrogens is 4. The summed E-state index contributed by atoms with van der Waals surface area (Å²) < 4.78 is 3.71. The van der Waals surface area contributed by atoms with Gasteiger partial charge < -0.3 is 19.7 Å². The van der Waals surface area contributed by atoms with Crippen LogP contribution in [-0.2, 0) is 25.4 Å². The lowest BCUT2D eigenvalue weighted by atomic mass is 10.2. The lowest BCUT2D eigenvalue weighted by Gasteiger charge is -2.35. The number of hydrogen-bond acceptors (Lipinski definition) is 6. The highest BCUT2D eigenvalue weighted by molar-refractivity contribution is 6.31. The summed E-state index contributed by atoms with van der Waals surface area (Å²) in [6.07, 6.45) is 1.46. The average molecular weight is 446 g/mol. The van der Waals surface area contributed by atoms with Crippen molar-refractivity contribution >= 4 is 40.0 Å². The van der Waals surface area contributed by atoms with Crippen molar-refractivity contribution in [3.63, 3.8) is 0 Å². The van der Waals surface area contributed by atoms with Gasteiger partial charge in [0.25, 0.3) is 5.56 Å². The molecule has 0 unspecified atom stereocenters. The zero-order valence-corrected chi connectivity index (χ0v) is 18.4. The number of fused-ring (bicyclic) bond motifs is 1. The van der Waals surface area contributed by atoms with E-state index in [4.69, 9.17) is 11.6 Å². The Morgan fingerprint density at radius 1 is 1.13 bits per heavy atom. The fraction of sp³-hybridized carbons (Fsp3) is 0.400. The minimum Gasteiger partial charge on any atom is -0.367 e. The van der Waals surface area contributed by atoms with E-state index in [1.54, 1.807) is 19.2 Å². The van der Waals surface area contributed by atoms with Crippen molar-refractivity contribution < 1.29 is 4.79 Å². The van der Waals surface area contributed by atoms with Crippen LogP contribution in [0.5, 0.6) is 0 Å². The monoisotopic (exact) mass is 445 g/mol. The number of rotatable bonds is 4. The van der Waals surface area contributed by atoms with Crippen LogP contribution in [0, 0.1) is 0 Å². The molecule has 0 aliphatic carbocycles. The molecular formula is C20H24ClN7O3. The number of piperazine rings is 1. The van der Waals surface area contributed by atoms with Gasteiger partial charge in [0.05, 0.1) is 17.7 Å². The third-order valence-corrected chi connectivity index (χ3v) is 5.81. The largest absolute Gasteiger partial charge is 0.367 e. The number of benzene rings is 1. The van der Waals surface area contributed by atoms with Gasteiger partial charge in [-0.15, -0.1) is 0 Å². The van der Waals surface area contributed by atoms with E-state index in [2.05, 4.69) is 27.1 Å². The maximum absolute atomic E-state index is 12.8. The van der Waals surface area contributed by atoms with Crippen molar-refractivity contribution in [2.75, 3.05) is 43.4 Å². The molecule has 1 amide bonds. The summed E-state index contributed by atoms with van der Waals surface area (Å²) in [5, 5.41) is 3.31. The van der Waals surface area contributed by atoms with Crippen LogP contribution >= 0.6 is 11.6 Å². The molecule has 31 heavy (non-hydrogen) atoms. The van der Waals surface area contributed by atoms with Crippen LogP contribution in [-0.4, -0.2) is 62.7 Å². The molecule has 4 rings (SSSR count). The molecule has 0 atom stereocenters. The number of anilines is 2. The Hall–Kier alpha value is -3.11. The van der Waals surface area contributed by atoms with E-state index in [1.807, 2.05) is 6.07 Å². The fourth-order valence-corrected chi connectivity index (χ4v) is 3.97. The van der Waals surface area contributed by atoms with Crippen LogP contribution in [0.3, 0.4) is 0 Å². The third kappa shape index (κ3) is 3.96. The van der Waals surface area contributed by atoms with E-state index in [9.17, 15) is 14.4 Å². The summed E-state index contributed by atoms with van der Waals surface area (Å²) >= 11 is 6.17. The maximum Gasteiger partial charge on any atom is 0.332 e. The molecule has 3 aromatic rings. The minimum absolute atomic E-state index is 0.260. The first-order chi connectivity index (χ1) is 14.8. The Balaban J connectivity index is 1.63. The van der Waals surface area contributed by atoms with Gasteiger partial charge in [-0.1, -0.05) is 11.6 Å². The molecule has 0 radical (unpaired) electrons. The van der Waals surface area contributed by atoms with Crippen molar-refractivity contribution in [3.8, 4) is 0 Å². The second kappa shape index (κ2) is 8.20. The highest BCUT2D eigenvalue weighted by Crippen LogP contribution is 2.30. The Morgan fingerprint density at radius 3 is 2.55 bits per heavy atom. The Labute approximate surface area is 183 Å². The van der Waals surface area contributed by atoms with Crippen LogP contribution < -0.4 is 21.5 Å². The van der Waals surface area contributed by atoms with Gasteiger partial charge in [-0.05, 0) is 25.2 Å². The Morgan fingerprint density at radius 2 is 1.84 bits per heavy atom. The molecule has 1 aromatic carbocycles. The van der Waals surface area contributed by atoms with Crippen molar-refractivity contribution in [1.82, 2.24) is 23.6 Å². The van der Waals surface area contributed by atoms with E-state index >= 15 is 0 Å². The second-order valence-electron chi connectivity index (χ2n) is 7.76. The number of carbonyl (C=O) groups is 1. The summed E-state index contributed by atoms with van der Waals surface area (Å²) in [7, 11) is 5.26. The fourth-order valence-electron chi connectivity index (χ4n) is 3.80. The first kappa shape index (κ1) is 21.1. The van der Waals surface area contributed by atoms with Crippen LogP contribution in [0.4, 0.5) is 11.4 Å². The molecule has 1 saturated heterocycles. The number of hydrogen-bond donors (Lipinski definition) is 1. The van der Waals surface area contributed by atoms with Gasteiger partial charge in [0.2, 0.25) is 5.91 Å². The third-order valence-electron chi connectivity index (χ3n) is 5.58. The number of nitrogens with one attached hydrogen (secondary N) is 1. The standard InChI is InChI=1S/C20H24ClN7O3/c1-24-6-8-27(9-7-24)15-5-4-13(21)10-14(15)23-16(29)11-28-19(30)17-18(22-12-25(17)2)26(3)20(28)31/h4-5,10,12H,6-9,11H2,1-3H3,(H,23,29). The van der Waals surface area contributed by atoms with Gasteiger partial charge in [0.15, 0.2) is 11.2 Å². The predicted molar refractivity (Wildman–Crippen MR) is 120 cm³/mol. The first-order valence-corrected chi connectivity index (χ1v) is 10.3. The van der Waals surface area contributed by atoms with Gasteiger partial charge in [-0.25, -0.2) is 14.3 Å². The normalized spacial score (nSPS) is 14.9. The van der Waals surface area contributed by atoms with Gasteiger partial charge >= 0.3 is 5.69 Å². The highest BCUT2D eigenvalue weighted by Gasteiger charge is 2.20. The number of aryl methyl sites for hydroxylation is 2. The van der Waals surface area contributed by atoms with Crippen molar-refractivity contribution in [2.45, 2.75) is 6.54 Å². The molecule has 1 aliphatic heterocycles. The molecule has 2 aromatic heterocycles. The van der Waals surface area contributed by atoms with E-state index in [-0.39, 0.29) is 11.2 Å². The molecule has 1 fully saturated rings. The molecule has 10 nitrogen and oxygen atoms in total. The average Bonchev–Trinajstić information content (AvgIpc) is 3.12. The summed E-state index contributed by atoms with van der Waals surface area (Å²) in [4.78, 5) is 46.9. The molecule has 0 spiro atoms. The summed E-state index contributed by atoms with van der Waals surface area (Å²) in [6, 6.07) is 5.33. The van der Waals surface area contributed by atoms with E-state index in [1.165, 1.54) is 22.5 Å². The van der Waals surface area contributed by atoms with Gasteiger partial charge in [-0.2, -0.15) is 0 Å². The van der Waals surface area contributed by atoms with Gasteiger partial charge in [0.1, 0.15) is 6.54 Å². The number of nitrogens with zero attached hydrogens (tertiary/aromatic N) is 6. The molecule has 164 valence electrons. The van der Waals surface area contributed by atoms with Crippen molar-refractivity contribution in [3.05, 3.63) is 50.4 Å².